The molecule has 100 valence electrons. The van der Waals surface area contributed by atoms with Crippen molar-refractivity contribution in [1.29, 1.82) is 0 Å². The van der Waals surface area contributed by atoms with Crippen molar-refractivity contribution in [3.63, 3.8) is 0 Å². The maximum Gasteiger partial charge on any atom is 0.240 e. The summed E-state index contributed by atoms with van der Waals surface area (Å²) in [7, 11) is 1.81. The fraction of sp³-hybridized carbons (Fsp3) is 0.786. The van der Waals surface area contributed by atoms with Crippen LogP contribution in [0.15, 0.2) is 0 Å². The fourth-order valence-electron chi connectivity index (χ4n) is 3.10. The Balaban J connectivity index is 1.98. The van der Waals surface area contributed by atoms with E-state index in [-0.39, 0.29) is 11.9 Å². The lowest BCUT2D eigenvalue weighted by atomic mass is 10.0. The Hall–Kier alpha value is -1.05. The van der Waals surface area contributed by atoms with Crippen LogP contribution in [0.5, 0.6) is 0 Å². The highest BCUT2D eigenvalue weighted by Crippen LogP contribution is 2.25. The Labute approximate surface area is 110 Å². The van der Waals surface area contributed by atoms with Gasteiger partial charge in [0.05, 0.1) is 12.6 Å². The zero-order valence-electron chi connectivity index (χ0n) is 11.2. The van der Waals surface area contributed by atoms with Gasteiger partial charge >= 0.3 is 0 Å². The van der Waals surface area contributed by atoms with Gasteiger partial charge in [0.25, 0.3) is 0 Å². The first-order valence-electron chi connectivity index (χ1n) is 6.89. The number of nitrogens with one attached hydrogen (secondary N) is 1. The second-order valence-corrected chi connectivity index (χ2v) is 5.28. The van der Waals surface area contributed by atoms with Crippen molar-refractivity contribution in [2.75, 3.05) is 33.2 Å². The van der Waals surface area contributed by atoms with Crippen LogP contribution >= 0.6 is 0 Å². The summed E-state index contributed by atoms with van der Waals surface area (Å²) in [6.07, 6.45) is 9.70. The third kappa shape index (κ3) is 2.85. The Bertz CT molecular complexity index is 330. The number of amides is 1. The Morgan fingerprint density at radius 2 is 2.17 bits per heavy atom. The molecular formula is C14H23N3O. The highest BCUT2D eigenvalue weighted by Gasteiger charge is 2.36. The van der Waals surface area contributed by atoms with Gasteiger partial charge in [-0.1, -0.05) is 5.92 Å². The number of piperidine rings is 1. The zero-order chi connectivity index (χ0) is 13.0. The number of hydrogen-bond acceptors (Lipinski definition) is 3. The molecule has 1 N–H and O–H groups in total. The molecule has 0 aromatic carbocycles. The third-order valence-corrected chi connectivity index (χ3v) is 4.06. The summed E-state index contributed by atoms with van der Waals surface area (Å²) < 4.78 is 0. The van der Waals surface area contributed by atoms with Crippen LogP contribution in [0.3, 0.4) is 0 Å². The molecule has 0 radical (unpaired) electrons. The average molecular weight is 249 g/mol. The van der Waals surface area contributed by atoms with Gasteiger partial charge in [0.15, 0.2) is 0 Å². The molecule has 0 spiro atoms. The van der Waals surface area contributed by atoms with E-state index in [9.17, 15) is 4.79 Å². The number of nitrogens with zero attached hydrogens (tertiary/aromatic N) is 2. The van der Waals surface area contributed by atoms with Crippen molar-refractivity contribution in [2.24, 2.45) is 0 Å². The first-order valence-corrected chi connectivity index (χ1v) is 6.89. The highest BCUT2D eigenvalue weighted by atomic mass is 16.2. The number of likely N-dealkylation sites (tertiary alicyclic amines) is 1. The third-order valence-electron chi connectivity index (χ3n) is 4.06. The molecule has 4 heteroatoms. The van der Waals surface area contributed by atoms with Crippen LogP contribution in [0.1, 0.15) is 25.7 Å². The molecule has 0 saturated carbocycles. The van der Waals surface area contributed by atoms with E-state index in [1.54, 1.807) is 11.9 Å². The Morgan fingerprint density at radius 3 is 2.83 bits per heavy atom. The molecule has 0 aromatic heterocycles. The van der Waals surface area contributed by atoms with Crippen LogP contribution in [-0.4, -0.2) is 61.0 Å². The number of carbonyl (C=O) groups excluding carboxylic acids is 1. The lowest BCUT2D eigenvalue weighted by Crippen LogP contribution is -2.51. The first-order chi connectivity index (χ1) is 8.74. The van der Waals surface area contributed by atoms with E-state index in [2.05, 4.69) is 16.1 Å². The quantitative estimate of drug-likeness (QED) is 0.731. The van der Waals surface area contributed by atoms with E-state index in [0.717, 1.165) is 45.3 Å². The van der Waals surface area contributed by atoms with E-state index in [1.165, 1.54) is 0 Å². The van der Waals surface area contributed by atoms with Crippen molar-refractivity contribution >= 4 is 5.91 Å². The van der Waals surface area contributed by atoms with Crippen LogP contribution in [0.25, 0.3) is 0 Å². The van der Waals surface area contributed by atoms with Gasteiger partial charge in [-0.2, -0.15) is 0 Å². The van der Waals surface area contributed by atoms with Crippen molar-refractivity contribution in [1.82, 2.24) is 15.1 Å². The van der Waals surface area contributed by atoms with Crippen molar-refractivity contribution in [2.45, 2.75) is 37.8 Å². The molecule has 1 atom stereocenters. The summed E-state index contributed by atoms with van der Waals surface area (Å²) in [5.41, 5.74) is 0. The van der Waals surface area contributed by atoms with Gasteiger partial charge in [0.1, 0.15) is 0 Å². The molecule has 2 heterocycles. The molecule has 0 aliphatic carbocycles. The van der Waals surface area contributed by atoms with E-state index >= 15 is 0 Å². The molecular weight excluding hydrogens is 226 g/mol. The van der Waals surface area contributed by atoms with Gasteiger partial charge in [-0.05, 0) is 45.3 Å². The zero-order valence-corrected chi connectivity index (χ0v) is 11.2. The average Bonchev–Trinajstić information content (AvgIpc) is 2.88. The van der Waals surface area contributed by atoms with Crippen molar-refractivity contribution < 1.29 is 4.79 Å². The predicted octanol–water partition coefficient (Wildman–Crippen LogP) is 0.294. The minimum Gasteiger partial charge on any atom is -0.333 e. The normalized spacial score (nSPS) is 25.9. The summed E-state index contributed by atoms with van der Waals surface area (Å²) >= 11 is 0. The molecule has 4 nitrogen and oxygen atoms in total. The molecule has 0 bridgehead atoms. The van der Waals surface area contributed by atoms with Gasteiger partial charge < -0.3 is 10.2 Å². The van der Waals surface area contributed by atoms with Crippen LogP contribution in [-0.2, 0) is 4.79 Å². The maximum atomic E-state index is 12.4. The SMILES string of the molecule is C#CCN(C)C(=O)C1CCCN1C1CCNCC1. The second-order valence-electron chi connectivity index (χ2n) is 5.28. The van der Waals surface area contributed by atoms with Crippen LogP contribution < -0.4 is 5.32 Å². The summed E-state index contributed by atoms with van der Waals surface area (Å²) in [6.45, 7) is 3.62. The number of terminal acetylenes is 1. The number of carbonyl (C=O) groups is 1. The molecule has 2 aliphatic rings. The molecule has 2 rings (SSSR count). The van der Waals surface area contributed by atoms with Crippen LogP contribution in [0.2, 0.25) is 0 Å². The van der Waals surface area contributed by atoms with E-state index in [1.807, 2.05) is 0 Å². The molecule has 2 fully saturated rings. The maximum absolute atomic E-state index is 12.4. The molecule has 18 heavy (non-hydrogen) atoms. The van der Waals surface area contributed by atoms with E-state index in [4.69, 9.17) is 6.42 Å². The first kappa shape index (κ1) is 13.4. The summed E-state index contributed by atoms with van der Waals surface area (Å²) in [5, 5.41) is 3.38. The standard InChI is InChI=1S/C14H23N3O/c1-3-10-16(2)14(18)13-5-4-11-17(13)12-6-8-15-9-7-12/h1,12-13,15H,4-11H2,2H3. The minimum absolute atomic E-state index is 0.0615. The highest BCUT2D eigenvalue weighted by molar-refractivity contribution is 5.82. The van der Waals surface area contributed by atoms with E-state index in [0.29, 0.717) is 12.6 Å². The van der Waals surface area contributed by atoms with Gasteiger partial charge in [-0.15, -0.1) is 6.42 Å². The van der Waals surface area contributed by atoms with E-state index < -0.39 is 0 Å². The Morgan fingerprint density at radius 1 is 1.44 bits per heavy atom. The largest absolute Gasteiger partial charge is 0.333 e. The molecule has 2 aliphatic heterocycles. The topological polar surface area (TPSA) is 35.6 Å². The van der Waals surface area contributed by atoms with Gasteiger partial charge in [0, 0.05) is 13.1 Å². The van der Waals surface area contributed by atoms with Crippen LogP contribution in [0, 0.1) is 12.3 Å². The molecule has 2 saturated heterocycles. The lowest BCUT2D eigenvalue weighted by molar-refractivity contribution is -0.135. The monoisotopic (exact) mass is 249 g/mol. The lowest BCUT2D eigenvalue weighted by Gasteiger charge is -2.36. The fourth-order valence-corrected chi connectivity index (χ4v) is 3.10. The van der Waals surface area contributed by atoms with Gasteiger partial charge in [-0.25, -0.2) is 0 Å². The second kappa shape index (κ2) is 6.21. The number of rotatable bonds is 3. The smallest absolute Gasteiger partial charge is 0.240 e. The summed E-state index contributed by atoms with van der Waals surface area (Å²) in [6, 6.07) is 0.633. The molecule has 1 amide bonds. The predicted molar refractivity (Wildman–Crippen MR) is 72.1 cm³/mol. The molecule has 1 unspecified atom stereocenters. The summed E-state index contributed by atoms with van der Waals surface area (Å²) in [4.78, 5) is 16.5. The number of hydrogen-bond donors (Lipinski definition) is 1. The van der Waals surface area contributed by atoms with Crippen molar-refractivity contribution in [3.05, 3.63) is 0 Å². The van der Waals surface area contributed by atoms with Gasteiger partial charge in [-0.3, -0.25) is 9.69 Å². The van der Waals surface area contributed by atoms with Crippen molar-refractivity contribution in [3.8, 4) is 12.3 Å². The molecule has 0 aromatic rings. The number of likely N-dealkylation sites (N-methyl/N-ethyl adjacent to an activating group) is 1. The van der Waals surface area contributed by atoms with Gasteiger partial charge in [0.2, 0.25) is 5.91 Å². The minimum atomic E-state index is 0.0615. The summed E-state index contributed by atoms with van der Waals surface area (Å²) in [5.74, 6) is 2.74. The Kier molecular flexibility index (Phi) is 4.62. The van der Waals surface area contributed by atoms with Crippen LogP contribution in [0.4, 0.5) is 0 Å².